The van der Waals surface area contributed by atoms with Crippen LogP contribution in [0.15, 0.2) is 114 Å². The van der Waals surface area contributed by atoms with Gasteiger partial charge in [-0.1, -0.05) is 48.5 Å². The largest absolute Gasteiger partial charge is 0.505 e. The molecule has 5 N–H and O–H groups in total. The van der Waals surface area contributed by atoms with E-state index in [-0.39, 0.29) is 17.4 Å². The fourth-order valence-corrected chi connectivity index (χ4v) is 8.51. The number of para-hydroxylation sites is 4. The first-order chi connectivity index (χ1) is 28.5. The molecular formula is C47H44N8O4. The quantitative estimate of drug-likeness (QED) is 0.113. The van der Waals surface area contributed by atoms with E-state index in [4.69, 9.17) is 30.2 Å². The zero-order valence-electron chi connectivity index (χ0n) is 33.7. The average Bonchev–Trinajstić information content (AvgIpc) is 3.96. The molecule has 12 heteroatoms. The van der Waals surface area contributed by atoms with Gasteiger partial charge in [0.25, 0.3) is 0 Å². The van der Waals surface area contributed by atoms with Crippen LogP contribution in [0.1, 0.15) is 42.3 Å². The summed E-state index contributed by atoms with van der Waals surface area (Å²) in [7, 11) is 4.91. The number of Topliss-reactive ketones (excluding diaryl/α,β-unsaturated/α-hetero) is 1. The third kappa shape index (κ3) is 6.24. The molecule has 9 rings (SSSR count). The van der Waals surface area contributed by atoms with Crippen molar-refractivity contribution < 1.29 is 19.4 Å². The molecule has 59 heavy (non-hydrogen) atoms. The van der Waals surface area contributed by atoms with Crippen LogP contribution in [-0.2, 0) is 11.2 Å². The fourth-order valence-electron chi connectivity index (χ4n) is 8.51. The van der Waals surface area contributed by atoms with Gasteiger partial charge in [-0.15, -0.1) is 0 Å². The number of methoxy groups -OCH3 is 2. The standard InChI is InChI=1S/C47H44N8O4/c1-26-18-28(22-31(19-26)55-46(49-4)39(42(57)47(55,2)3)45-52-36-16-9-10-17-37(36)53-45)20-27-12-11-13-29(21-27)40-41(56)38(44-50-34-14-7-8-15-35(34)51-44)43(48)54(40)30-23-32(58-5)25-33(24-30)59-6/h7-19,21-25,39,56H,20,48H2,1-6H3,(H,50,51)(H,52,53). The molecule has 0 saturated carbocycles. The summed E-state index contributed by atoms with van der Waals surface area (Å²) >= 11 is 0. The minimum Gasteiger partial charge on any atom is -0.505 e. The lowest BCUT2D eigenvalue weighted by atomic mass is 9.93. The molecule has 0 bridgehead atoms. The number of carbonyl (C=O) groups is 1. The minimum absolute atomic E-state index is 0.0191. The lowest BCUT2D eigenvalue weighted by Crippen LogP contribution is -2.44. The van der Waals surface area contributed by atoms with Gasteiger partial charge in [-0.2, -0.15) is 0 Å². The highest BCUT2D eigenvalue weighted by Gasteiger charge is 2.53. The van der Waals surface area contributed by atoms with Gasteiger partial charge in [-0.05, 0) is 86.3 Å². The Hall–Kier alpha value is -7.34. The van der Waals surface area contributed by atoms with Crippen LogP contribution in [0.25, 0.3) is 50.4 Å². The van der Waals surface area contributed by atoms with Crippen LogP contribution in [0.4, 0.5) is 11.5 Å². The van der Waals surface area contributed by atoms with Crippen molar-refractivity contribution in [3.05, 3.63) is 132 Å². The Balaban J connectivity index is 1.12. The lowest BCUT2D eigenvalue weighted by Gasteiger charge is -2.32. The fraction of sp³-hybridized carbons (Fsp3) is 0.191. The van der Waals surface area contributed by atoms with E-state index in [1.165, 1.54) is 0 Å². The van der Waals surface area contributed by atoms with Gasteiger partial charge >= 0.3 is 0 Å². The molecule has 0 spiro atoms. The van der Waals surface area contributed by atoms with Gasteiger partial charge in [0, 0.05) is 36.5 Å². The van der Waals surface area contributed by atoms with Crippen LogP contribution in [-0.4, -0.2) is 68.0 Å². The van der Waals surface area contributed by atoms with Crippen molar-refractivity contribution in [1.82, 2.24) is 24.5 Å². The van der Waals surface area contributed by atoms with Crippen molar-refractivity contribution in [1.29, 1.82) is 0 Å². The number of ether oxygens (including phenoxy) is 2. The second kappa shape index (κ2) is 14.2. The molecule has 0 amide bonds. The molecule has 1 aliphatic heterocycles. The van der Waals surface area contributed by atoms with E-state index in [1.807, 2.05) is 91.2 Å². The highest BCUT2D eigenvalue weighted by molar-refractivity contribution is 6.26. The van der Waals surface area contributed by atoms with Gasteiger partial charge in [-0.25, -0.2) is 9.97 Å². The maximum atomic E-state index is 14.2. The van der Waals surface area contributed by atoms with E-state index in [9.17, 15) is 9.90 Å². The predicted molar refractivity (Wildman–Crippen MR) is 233 cm³/mol. The third-order valence-corrected chi connectivity index (χ3v) is 11.2. The Labute approximate surface area is 341 Å². The number of H-pyrrole nitrogens is 2. The van der Waals surface area contributed by atoms with E-state index in [1.54, 1.807) is 27.3 Å². The Morgan fingerprint density at radius 3 is 2.15 bits per heavy atom. The summed E-state index contributed by atoms with van der Waals surface area (Å²) in [4.78, 5) is 37.4. The number of rotatable bonds is 9. The summed E-state index contributed by atoms with van der Waals surface area (Å²) < 4.78 is 13.1. The maximum absolute atomic E-state index is 14.2. The number of nitrogens with one attached hydrogen (secondary N) is 2. The molecule has 0 aliphatic carbocycles. The van der Waals surface area contributed by atoms with E-state index >= 15 is 0 Å². The number of ketones is 1. The summed E-state index contributed by atoms with van der Waals surface area (Å²) in [5.74, 6) is 2.44. The monoisotopic (exact) mass is 784 g/mol. The number of aromatic hydroxyl groups is 1. The van der Waals surface area contributed by atoms with Crippen molar-refractivity contribution in [3.63, 3.8) is 0 Å². The molecule has 8 aromatic rings. The number of nitrogens with zero attached hydrogens (tertiary/aromatic N) is 5. The van der Waals surface area contributed by atoms with E-state index < -0.39 is 11.5 Å². The maximum Gasteiger partial charge on any atom is 0.176 e. The number of aromatic nitrogens is 5. The number of nitrogens with two attached hydrogens (primary N) is 1. The van der Waals surface area contributed by atoms with Gasteiger partial charge in [0.05, 0.1) is 47.7 Å². The van der Waals surface area contributed by atoms with Crippen LogP contribution >= 0.6 is 0 Å². The normalized spacial score (nSPS) is 15.8. The van der Waals surface area contributed by atoms with Gasteiger partial charge < -0.3 is 35.2 Å². The number of carbonyl (C=O) groups excluding carboxylic acids is 1. The highest BCUT2D eigenvalue weighted by atomic mass is 16.5. The van der Waals surface area contributed by atoms with Crippen LogP contribution in [0.5, 0.6) is 17.2 Å². The molecule has 5 aromatic carbocycles. The first kappa shape index (κ1) is 37.2. The number of aromatic amines is 2. The van der Waals surface area contributed by atoms with Crippen LogP contribution < -0.4 is 20.1 Å². The first-order valence-corrected chi connectivity index (χ1v) is 19.4. The number of aliphatic imine (C=N–C) groups is 1. The molecule has 12 nitrogen and oxygen atoms in total. The predicted octanol–water partition coefficient (Wildman–Crippen LogP) is 8.75. The minimum atomic E-state index is -0.896. The van der Waals surface area contributed by atoms with Gasteiger partial charge in [0.15, 0.2) is 11.5 Å². The average molecular weight is 785 g/mol. The molecule has 1 fully saturated rings. The Morgan fingerprint density at radius 2 is 1.49 bits per heavy atom. The number of aryl methyl sites for hydroxylation is 1. The third-order valence-electron chi connectivity index (χ3n) is 11.2. The molecule has 296 valence electrons. The lowest BCUT2D eigenvalue weighted by molar-refractivity contribution is -0.121. The number of nitrogen functional groups attached to an aromatic ring is 1. The second-order valence-electron chi connectivity index (χ2n) is 15.4. The van der Waals surface area contributed by atoms with Crippen molar-refractivity contribution in [2.24, 2.45) is 4.99 Å². The molecule has 0 radical (unpaired) electrons. The number of fused-ring (bicyclic) bond motifs is 2. The van der Waals surface area contributed by atoms with Crippen LogP contribution in [0.2, 0.25) is 0 Å². The number of anilines is 2. The topological polar surface area (TPSA) is 160 Å². The molecule has 3 aromatic heterocycles. The van der Waals surface area contributed by atoms with Crippen LogP contribution in [0, 0.1) is 6.92 Å². The molecule has 1 saturated heterocycles. The van der Waals surface area contributed by atoms with E-state index in [0.29, 0.717) is 52.3 Å². The number of imidazole rings is 2. The van der Waals surface area contributed by atoms with Gasteiger partial charge in [-0.3, -0.25) is 14.4 Å². The zero-order chi connectivity index (χ0) is 41.2. The highest BCUT2D eigenvalue weighted by Crippen LogP contribution is 2.47. The van der Waals surface area contributed by atoms with Crippen molar-refractivity contribution in [2.75, 3.05) is 31.9 Å². The van der Waals surface area contributed by atoms with E-state index in [0.717, 1.165) is 50.0 Å². The zero-order valence-corrected chi connectivity index (χ0v) is 33.7. The number of hydrogen-bond donors (Lipinski definition) is 4. The Kier molecular flexibility index (Phi) is 8.99. The van der Waals surface area contributed by atoms with Crippen molar-refractivity contribution in [3.8, 4) is 45.6 Å². The van der Waals surface area contributed by atoms with Gasteiger partial charge in [0.1, 0.15) is 51.8 Å². The number of amidine groups is 1. The first-order valence-electron chi connectivity index (χ1n) is 19.4. The number of benzene rings is 5. The summed E-state index contributed by atoms with van der Waals surface area (Å²) in [6.07, 6.45) is 0.566. The van der Waals surface area contributed by atoms with Crippen molar-refractivity contribution >= 4 is 45.2 Å². The SMILES string of the molecule is CN=C1C(c2nc3ccccc3[nH]2)C(=O)C(C)(C)N1c1cc(C)cc(Cc2cccc(-c3c(O)c(-c4nc5ccccc5[nH]4)c(N)n3-c3cc(OC)cc(OC)c3)c2)c1. The number of hydrogen-bond acceptors (Lipinski definition) is 8. The Morgan fingerprint density at radius 1 is 0.814 bits per heavy atom. The summed E-state index contributed by atoms with van der Waals surface area (Å²) in [6.45, 7) is 5.95. The molecule has 4 heterocycles. The summed E-state index contributed by atoms with van der Waals surface area (Å²) in [5.41, 5.74) is 15.6. The molecule has 1 unspecified atom stereocenters. The second-order valence-corrected chi connectivity index (χ2v) is 15.4. The molecular weight excluding hydrogens is 741 g/mol. The smallest absolute Gasteiger partial charge is 0.176 e. The van der Waals surface area contributed by atoms with Crippen LogP contribution in [0.3, 0.4) is 0 Å². The summed E-state index contributed by atoms with van der Waals surface area (Å²) in [6, 6.07) is 35.4. The molecule has 1 aliphatic rings. The van der Waals surface area contributed by atoms with Gasteiger partial charge in [0.2, 0.25) is 0 Å². The molecule has 1 atom stereocenters. The Bertz CT molecular complexity index is 2880. The van der Waals surface area contributed by atoms with E-state index in [2.05, 4.69) is 52.1 Å². The van der Waals surface area contributed by atoms with Crippen molar-refractivity contribution in [2.45, 2.75) is 38.6 Å². The summed E-state index contributed by atoms with van der Waals surface area (Å²) in [5, 5.41) is 12.2.